The van der Waals surface area contributed by atoms with Crippen molar-refractivity contribution in [2.24, 2.45) is 5.92 Å². The predicted molar refractivity (Wildman–Crippen MR) is 85.2 cm³/mol. The largest absolute Gasteiger partial charge is 0.313 e. The number of nitrogens with zero attached hydrogens (tertiary/aromatic N) is 1. The Labute approximate surface area is 129 Å². The molecule has 112 valence electrons. The maximum atomic E-state index is 13.5. The number of hydrogen-bond acceptors (Lipinski definition) is 2. The van der Waals surface area contributed by atoms with E-state index in [0.29, 0.717) is 12.0 Å². The molecule has 0 amide bonds. The fourth-order valence-corrected chi connectivity index (χ4v) is 3.42. The Morgan fingerprint density at radius 2 is 2.20 bits per heavy atom. The molecule has 1 aromatic rings. The van der Waals surface area contributed by atoms with E-state index in [4.69, 9.17) is 0 Å². The Balaban J connectivity index is 2.01. The van der Waals surface area contributed by atoms with E-state index in [1.54, 1.807) is 6.07 Å². The molecule has 1 aromatic carbocycles. The summed E-state index contributed by atoms with van der Waals surface area (Å²) < 4.78 is 14.3. The normalized spacial score (nSPS) is 19.2. The van der Waals surface area contributed by atoms with E-state index in [1.807, 2.05) is 6.07 Å². The summed E-state index contributed by atoms with van der Waals surface area (Å²) in [6.07, 6.45) is 2.52. The van der Waals surface area contributed by atoms with Crippen molar-refractivity contribution in [3.05, 3.63) is 34.1 Å². The summed E-state index contributed by atoms with van der Waals surface area (Å²) >= 11 is 3.37. The van der Waals surface area contributed by atoms with E-state index in [9.17, 15) is 4.39 Å². The Hall–Kier alpha value is -0.450. The minimum absolute atomic E-state index is 0.169. The van der Waals surface area contributed by atoms with Crippen LogP contribution in [0.15, 0.2) is 22.7 Å². The molecule has 4 heteroatoms. The highest BCUT2D eigenvalue weighted by atomic mass is 79.9. The summed E-state index contributed by atoms with van der Waals surface area (Å²) in [5.41, 5.74) is 1.04. The van der Waals surface area contributed by atoms with Crippen molar-refractivity contribution >= 4 is 15.9 Å². The number of nitrogens with one attached hydrogen (secondary N) is 1. The standard InChI is InChI=1S/C16H24BrFN2/c1-12(2)9-20(11-16-4-3-5-19-16)10-13-6-14(17)8-15(18)7-13/h6-8,12,16,19H,3-5,9-11H2,1-2H3. The quantitative estimate of drug-likeness (QED) is 0.845. The molecule has 1 aliphatic rings. The van der Waals surface area contributed by atoms with Crippen molar-refractivity contribution in [3.63, 3.8) is 0 Å². The van der Waals surface area contributed by atoms with Gasteiger partial charge in [0.25, 0.3) is 0 Å². The molecule has 1 N–H and O–H groups in total. The van der Waals surface area contributed by atoms with E-state index in [1.165, 1.54) is 18.9 Å². The second-order valence-corrected chi connectivity index (χ2v) is 7.07. The SMILES string of the molecule is CC(C)CN(Cc1cc(F)cc(Br)c1)CC1CCCN1. The minimum Gasteiger partial charge on any atom is -0.313 e. The Morgan fingerprint density at radius 1 is 1.40 bits per heavy atom. The highest BCUT2D eigenvalue weighted by molar-refractivity contribution is 9.10. The van der Waals surface area contributed by atoms with Crippen molar-refractivity contribution in [1.29, 1.82) is 0 Å². The third-order valence-corrected chi connectivity index (χ3v) is 4.05. The first-order chi connectivity index (χ1) is 9.52. The van der Waals surface area contributed by atoms with Crippen molar-refractivity contribution in [2.75, 3.05) is 19.6 Å². The molecule has 1 unspecified atom stereocenters. The second kappa shape index (κ2) is 7.53. The lowest BCUT2D eigenvalue weighted by atomic mass is 10.1. The van der Waals surface area contributed by atoms with Crippen LogP contribution in [0.25, 0.3) is 0 Å². The molecule has 1 fully saturated rings. The van der Waals surface area contributed by atoms with Gasteiger partial charge in [-0.15, -0.1) is 0 Å². The van der Waals surface area contributed by atoms with Gasteiger partial charge >= 0.3 is 0 Å². The van der Waals surface area contributed by atoms with Crippen LogP contribution in [-0.2, 0) is 6.54 Å². The first-order valence-electron chi connectivity index (χ1n) is 7.43. The molecule has 1 saturated heterocycles. The van der Waals surface area contributed by atoms with Gasteiger partial charge in [-0.3, -0.25) is 4.90 Å². The van der Waals surface area contributed by atoms with Crippen LogP contribution in [0.4, 0.5) is 4.39 Å². The Kier molecular flexibility index (Phi) is 6.00. The molecule has 1 aliphatic heterocycles. The highest BCUT2D eigenvalue weighted by Gasteiger charge is 2.19. The molecule has 2 rings (SSSR count). The average molecular weight is 343 g/mol. The van der Waals surface area contributed by atoms with Gasteiger partial charge in [0.05, 0.1) is 0 Å². The van der Waals surface area contributed by atoms with Crippen LogP contribution in [0.1, 0.15) is 32.3 Å². The van der Waals surface area contributed by atoms with Gasteiger partial charge in [0.2, 0.25) is 0 Å². The van der Waals surface area contributed by atoms with E-state index in [-0.39, 0.29) is 5.82 Å². The summed E-state index contributed by atoms with van der Waals surface area (Å²) in [5.74, 6) is 0.450. The molecule has 0 aromatic heterocycles. The fraction of sp³-hybridized carbons (Fsp3) is 0.625. The van der Waals surface area contributed by atoms with Crippen LogP contribution in [-0.4, -0.2) is 30.6 Å². The molecule has 0 saturated carbocycles. The summed E-state index contributed by atoms with van der Waals surface area (Å²) in [5, 5.41) is 3.54. The van der Waals surface area contributed by atoms with Crippen LogP contribution >= 0.6 is 15.9 Å². The number of halogens is 2. The molecule has 1 atom stereocenters. The van der Waals surface area contributed by atoms with Crippen LogP contribution in [0.5, 0.6) is 0 Å². The third kappa shape index (κ3) is 5.15. The zero-order valence-corrected chi connectivity index (χ0v) is 13.9. The zero-order valence-electron chi connectivity index (χ0n) is 12.3. The molecule has 0 bridgehead atoms. The Bertz CT molecular complexity index is 410. The molecular weight excluding hydrogens is 319 g/mol. The van der Waals surface area contributed by atoms with Gasteiger partial charge in [-0.25, -0.2) is 4.39 Å². The molecule has 0 aliphatic carbocycles. The summed E-state index contributed by atoms with van der Waals surface area (Å²) in [4.78, 5) is 2.44. The summed E-state index contributed by atoms with van der Waals surface area (Å²) in [6, 6.07) is 5.75. The van der Waals surface area contributed by atoms with Gasteiger partial charge in [-0.2, -0.15) is 0 Å². The van der Waals surface area contributed by atoms with Gasteiger partial charge in [-0.1, -0.05) is 29.8 Å². The Morgan fingerprint density at radius 3 is 2.80 bits per heavy atom. The number of hydrogen-bond donors (Lipinski definition) is 1. The molecule has 1 heterocycles. The van der Waals surface area contributed by atoms with E-state index < -0.39 is 0 Å². The minimum atomic E-state index is -0.169. The van der Waals surface area contributed by atoms with E-state index in [2.05, 4.69) is 40.0 Å². The topological polar surface area (TPSA) is 15.3 Å². The number of benzene rings is 1. The maximum absolute atomic E-state index is 13.5. The second-order valence-electron chi connectivity index (χ2n) is 6.16. The fourth-order valence-electron chi connectivity index (χ4n) is 2.90. The summed E-state index contributed by atoms with van der Waals surface area (Å²) in [7, 11) is 0. The van der Waals surface area contributed by atoms with Gasteiger partial charge in [0, 0.05) is 30.1 Å². The smallest absolute Gasteiger partial charge is 0.124 e. The summed E-state index contributed by atoms with van der Waals surface area (Å²) in [6.45, 7) is 8.50. The van der Waals surface area contributed by atoms with Gasteiger partial charge in [0.1, 0.15) is 5.82 Å². The molecule has 2 nitrogen and oxygen atoms in total. The number of rotatable bonds is 6. The van der Waals surface area contributed by atoms with Gasteiger partial charge < -0.3 is 5.32 Å². The predicted octanol–water partition coefficient (Wildman–Crippen LogP) is 3.80. The molecular formula is C16H24BrFN2. The highest BCUT2D eigenvalue weighted by Crippen LogP contribution is 2.18. The van der Waals surface area contributed by atoms with Crippen molar-refractivity contribution in [2.45, 2.75) is 39.3 Å². The van der Waals surface area contributed by atoms with Gasteiger partial charge in [0.15, 0.2) is 0 Å². The maximum Gasteiger partial charge on any atom is 0.124 e. The van der Waals surface area contributed by atoms with Crippen molar-refractivity contribution < 1.29 is 4.39 Å². The van der Waals surface area contributed by atoms with Crippen LogP contribution in [0.2, 0.25) is 0 Å². The van der Waals surface area contributed by atoms with Crippen LogP contribution in [0.3, 0.4) is 0 Å². The lowest BCUT2D eigenvalue weighted by Gasteiger charge is -2.27. The molecule has 0 spiro atoms. The third-order valence-electron chi connectivity index (χ3n) is 3.59. The first kappa shape index (κ1) is 15.9. The first-order valence-corrected chi connectivity index (χ1v) is 8.23. The van der Waals surface area contributed by atoms with Crippen molar-refractivity contribution in [1.82, 2.24) is 10.2 Å². The van der Waals surface area contributed by atoms with Crippen molar-refractivity contribution in [3.8, 4) is 0 Å². The van der Waals surface area contributed by atoms with Crippen LogP contribution in [0, 0.1) is 11.7 Å². The van der Waals surface area contributed by atoms with Crippen LogP contribution < -0.4 is 5.32 Å². The monoisotopic (exact) mass is 342 g/mol. The average Bonchev–Trinajstić information content (AvgIpc) is 2.79. The lowest BCUT2D eigenvalue weighted by Crippen LogP contribution is -2.39. The molecule has 20 heavy (non-hydrogen) atoms. The van der Waals surface area contributed by atoms with E-state index >= 15 is 0 Å². The zero-order chi connectivity index (χ0) is 14.5. The molecule has 0 radical (unpaired) electrons. The van der Waals surface area contributed by atoms with E-state index in [0.717, 1.165) is 36.2 Å². The van der Waals surface area contributed by atoms with Gasteiger partial charge in [-0.05, 0) is 49.1 Å². The lowest BCUT2D eigenvalue weighted by molar-refractivity contribution is 0.216.